The van der Waals surface area contributed by atoms with Gasteiger partial charge in [-0.15, -0.1) is 0 Å². The number of hydrogen-bond donors (Lipinski definition) is 0. The zero-order valence-corrected chi connectivity index (χ0v) is 23.8. The van der Waals surface area contributed by atoms with Gasteiger partial charge in [-0.3, -0.25) is 0 Å². The zero-order chi connectivity index (χ0) is 26.3. The molecule has 9 heteroatoms. The maximum absolute atomic E-state index is 9.75. The first-order valence-electron chi connectivity index (χ1n) is 10.8. The number of halogens is 6. The Labute approximate surface area is 235 Å². The normalized spacial score (nSPS) is 16.1. The van der Waals surface area contributed by atoms with E-state index < -0.39 is 7.25 Å². The highest BCUT2D eigenvalue weighted by molar-refractivity contribution is 14.1. The molecule has 0 amide bonds. The van der Waals surface area contributed by atoms with Crippen molar-refractivity contribution in [3.63, 3.8) is 0 Å². The third-order valence-corrected chi connectivity index (χ3v) is 6.41. The SMILES string of the molecule is C[N+](C)=C1C=CC(=CC=C2C=C(c3ccc(I)cc3)C=C(c3ccc(I)cc3)O2)C=C1.F[B-](F)(F)F. The molecule has 2 nitrogen and oxygen atoms in total. The molecule has 0 fully saturated rings. The molecule has 0 aromatic heterocycles. The van der Waals surface area contributed by atoms with Crippen LogP contribution in [0.3, 0.4) is 0 Å². The summed E-state index contributed by atoms with van der Waals surface area (Å²) in [5, 5.41) is 0. The van der Waals surface area contributed by atoms with Gasteiger partial charge < -0.3 is 22.0 Å². The molecule has 1 aliphatic carbocycles. The molecular weight excluding hydrogens is 695 g/mol. The quantitative estimate of drug-likeness (QED) is 0.135. The molecule has 1 aliphatic heterocycles. The fourth-order valence-corrected chi connectivity index (χ4v) is 3.95. The largest absolute Gasteiger partial charge is 0.673 e. The summed E-state index contributed by atoms with van der Waals surface area (Å²) in [6, 6.07) is 17.0. The average Bonchev–Trinajstić information content (AvgIpc) is 2.83. The monoisotopic (exact) mass is 717 g/mol. The molecule has 186 valence electrons. The minimum Gasteiger partial charge on any atom is -0.457 e. The molecule has 0 N–H and O–H groups in total. The molecule has 2 aromatic carbocycles. The van der Waals surface area contributed by atoms with Crippen LogP contribution in [-0.4, -0.2) is 31.6 Å². The fraction of sp³-hybridized carbons (Fsp3) is 0.0741. The number of hydrogen-bond acceptors (Lipinski definition) is 1. The van der Waals surface area contributed by atoms with Gasteiger partial charge in [0, 0.05) is 24.9 Å². The Hall–Kier alpha value is -2.41. The van der Waals surface area contributed by atoms with Gasteiger partial charge in [-0.2, -0.15) is 0 Å². The highest BCUT2D eigenvalue weighted by Gasteiger charge is 2.20. The Morgan fingerprint density at radius 2 is 1.22 bits per heavy atom. The van der Waals surface area contributed by atoms with Crippen molar-refractivity contribution in [3.05, 3.63) is 127 Å². The van der Waals surface area contributed by atoms with Crippen molar-refractivity contribution in [1.29, 1.82) is 0 Å². The van der Waals surface area contributed by atoms with Crippen molar-refractivity contribution in [2.24, 2.45) is 0 Å². The van der Waals surface area contributed by atoms with Crippen molar-refractivity contribution in [2.75, 3.05) is 14.1 Å². The van der Waals surface area contributed by atoms with Crippen LogP contribution < -0.4 is 0 Å². The lowest BCUT2D eigenvalue weighted by Gasteiger charge is -2.18. The first-order valence-corrected chi connectivity index (χ1v) is 13.0. The first kappa shape index (κ1) is 28.2. The molecule has 0 bridgehead atoms. The molecule has 0 saturated heterocycles. The minimum absolute atomic E-state index is 0.821. The summed E-state index contributed by atoms with van der Waals surface area (Å²) in [7, 11) is -1.90. The molecule has 0 radical (unpaired) electrons. The van der Waals surface area contributed by atoms with Crippen LogP contribution in [0.15, 0.2) is 108 Å². The second-order valence-corrected chi connectivity index (χ2v) is 10.4. The van der Waals surface area contributed by atoms with Crippen LogP contribution in [0, 0.1) is 7.14 Å². The van der Waals surface area contributed by atoms with E-state index in [0.717, 1.165) is 28.2 Å². The molecule has 0 spiro atoms. The topological polar surface area (TPSA) is 12.2 Å². The predicted molar refractivity (Wildman–Crippen MR) is 157 cm³/mol. The van der Waals surface area contributed by atoms with Crippen LogP contribution in [0.5, 0.6) is 0 Å². The second kappa shape index (κ2) is 12.7. The number of benzene rings is 2. The zero-order valence-electron chi connectivity index (χ0n) is 19.4. The van der Waals surface area contributed by atoms with E-state index in [9.17, 15) is 17.3 Å². The third kappa shape index (κ3) is 9.23. The average molecular weight is 717 g/mol. The maximum Gasteiger partial charge on any atom is 0.673 e. The van der Waals surface area contributed by atoms with Gasteiger partial charge in [0.1, 0.15) is 25.6 Å². The van der Waals surface area contributed by atoms with Crippen molar-refractivity contribution >= 4 is 69.5 Å². The fourth-order valence-electron chi connectivity index (χ4n) is 3.23. The van der Waals surface area contributed by atoms with Gasteiger partial charge in [0.2, 0.25) is 0 Å². The molecule has 0 unspecified atom stereocenters. The van der Waals surface area contributed by atoms with E-state index in [1.165, 1.54) is 18.4 Å². The van der Waals surface area contributed by atoms with E-state index in [4.69, 9.17) is 4.74 Å². The van der Waals surface area contributed by atoms with Crippen molar-refractivity contribution in [2.45, 2.75) is 0 Å². The molecule has 1 heterocycles. The lowest BCUT2D eigenvalue weighted by atomic mass is 10.0. The van der Waals surface area contributed by atoms with Crippen LogP contribution in [0.1, 0.15) is 11.1 Å². The van der Waals surface area contributed by atoms with Crippen molar-refractivity contribution in [3.8, 4) is 0 Å². The van der Waals surface area contributed by atoms with Crippen LogP contribution in [-0.2, 0) is 4.74 Å². The smallest absolute Gasteiger partial charge is 0.457 e. The molecular formula is C27H22BF4I2NO. The highest BCUT2D eigenvalue weighted by atomic mass is 127. The van der Waals surface area contributed by atoms with E-state index in [1.807, 2.05) is 20.2 Å². The van der Waals surface area contributed by atoms with Crippen molar-refractivity contribution in [1.82, 2.24) is 0 Å². The Bertz CT molecular complexity index is 1290. The minimum atomic E-state index is -6.00. The van der Waals surface area contributed by atoms with Crippen LogP contribution in [0.25, 0.3) is 11.3 Å². The van der Waals surface area contributed by atoms with Crippen LogP contribution in [0.2, 0.25) is 0 Å². The second-order valence-electron chi connectivity index (χ2n) is 7.94. The molecule has 0 atom stereocenters. The van der Waals surface area contributed by atoms with Gasteiger partial charge in [-0.05, 0) is 117 Å². The number of allylic oxidation sites excluding steroid dienone is 10. The number of ether oxygens (including phenoxy) is 1. The van der Waals surface area contributed by atoms with Gasteiger partial charge in [0.15, 0.2) is 5.71 Å². The van der Waals surface area contributed by atoms with E-state index in [2.05, 4.69) is 141 Å². The standard InChI is InChI=1S/C27H22I2NO.BF4/c1-30(2)25-14-3-19(4-15-25)5-16-26-17-22(20-6-10-23(28)11-7-20)18-27(31-26)21-8-12-24(29)13-9-21;2-1(3,4)5/h3-18H,1-2H3;/q+1;-1. The summed E-state index contributed by atoms with van der Waals surface area (Å²) in [5.74, 6) is 1.68. The van der Waals surface area contributed by atoms with Gasteiger partial charge in [0.05, 0.1) is 0 Å². The van der Waals surface area contributed by atoms with Crippen molar-refractivity contribution < 1.29 is 26.6 Å². The number of rotatable bonds is 3. The Morgan fingerprint density at radius 1 is 0.722 bits per heavy atom. The molecule has 2 aromatic rings. The molecule has 2 aliphatic rings. The van der Waals surface area contributed by atoms with E-state index in [-0.39, 0.29) is 0 Å². The Morgan fingerprint density at radius 3 is 1.72 bits per heavy atom. The van der Waals surface area contributed by atoms with E-state index >= 15 is 0 Å². The molecule has 4 rings (SSSR count). The highest BCUT2D eigenvalue weighted by Crippen LogP contribution is 2.32. The van der Waals surface area contributed by atoms with Gasteiger partial charge in [-0.25, -0.2) is 4.58 Å². The van der Waals surface area contributed by atoms with Gasteiger partial charge in [0.25, 0.3) is 0 Å². The Balaban J connectivity index is 0.000000658. The molecule has 0 saturated carbocycles. The lowest BCUT2D eigenvalue weighted by molar-refractivity contribution is -0.462. The van der Waals surface area contributed by atoms with Crippen LogP contribution in [0.4, 0.5) is 17.3 Å². The summed E-state index contributed by atoms with van der Waals surface area (Å²) in [6.07, 6.45) is 16.8. The summed E-state index contributed by atoms with van der Waals surface area (Å²) in [4.78, 5) is 0. The summed E-state index contributed by atoms with van der Waals surface area (Å²) in [6.45, 7) is 0. The van der Waals surface area contributed by atoms with E-state index in [0.29, 0.717) is 0 Å². The summed E-state index contributed by atoms with van der Waals surface area (Å²) >= 11 is 4.66. The van der Waals surface area contributed by atoms with Gasteiger partial charge >= 0.3 is 7.25 Å². The maximum atomic E-state index is 9.75. The summed E-state index contributed by atoms with van der Waals surface area (Å²) in [5.41, 5.74) is 5.70. The first-order chi connectivity index (χ1) is 17.0. The van der Waals surface area contributed by atoms with Crippen LogP contribution >= 0.6 is 45.2 Å². The molecule has 36 heavy (non-hydrogen) atoms. The van der Waals surface area contributed by atoms with E-state index in [1.54, 1.807) is 0 Å². The third-order valence-electron chi connectivity index (χ3n) is 4.97. The van der Waals surface area contributed by atoms with Gasteiger partial charge in [-0.1, -0.05) is 30.3 Å². The lowest BCUT2D eigenvalue weighted by Crippen LogP contribution is -2.09. The Kier molecular flexibility index (Phi) is 9.95. The number of nitrogens with zero attached hydrogens (tertiary/aromatic N) is 1. The predicted octanol–water partition coefficient (Wildman–Crippen LogP) is 8.30. The summed E-state index contributed by atoms with van der Waals surface area (Å²) < 4.78 is 49.8.